The van der Waals surface area contributed by atoms with Crippen LogP contribution in [-0.2, 0) is 39.6 Å². The average molecular weight is 648 g/mol. The second-order valence-electron chi connectivity index (χ2n) is 9.27. The van der Waals surface area contributed by atoms with Gasteiger partial charge >= 0.3 is 11.9 Å². The van der Waals surface area contributed by atoms with Gasteiger partial charge in [-0.05, 0) is 72.3 Å². The number of halogens is 1. The smallest absolute Gasteiger partial charge is 0.330 e. The highest BCUT2D eigenvalue weighted by Crippen LogP contribution is 2.57. The Balaban J connectivity index is 0.00000462. The summed E-state index contributed by atoms with van der Waals surface area (Å²) in [6.07, 6.45) is 8.85. The van der Waals surface area contributed by atoms with Gasteiger partial charge in [0, 0.05) is 18.5 Å². The van der Waals surface area contributed by atoms with E-state index in [1.165, 1.54) is 77.8 Å². The molecule has 2 aromatic rings. The zero-order valence-corrected chi connectivity index (χ0v) is 25.3. The molecule has 0 aliphatic carbocycles. The van der Waals surface area contributed by atoms with Gasteiger partial charge < -0.3 is 21.1 Å². The van der Waals surface area contributed by atoms with Crippen molar-refractivity contribution in [2.24, 2.45) is 11.5 Å². The van der Waals surface area contributed by atoms with Gasteiger partial charge in [0.25, 0.3) is 15.9 Å². The first kappa shape index (κ1) is 32.9. The van der Waals surface area contributed by atoms with Crippen LogP contribution in [0.15, 0.2) is 53.7 Å². The lowest BCUT2D eigenvalue weighted by atomic mass is 9.61. The Hall–Kier alpha value is -2.57. The highest BCUT2D eigenvalue weighted by atomic mass is 35.5. The van der Waals surface area contributed by atoms with Crippen LogP contribution in [0, 0.1) is 0 Å². The summed E-state index contributed by atoms with van der Waals surface area (Å²) in [5, 5.41) is 9.39. The molecule has 41 heavy (non-hydrogen) atoms. The first-order valence-electron chi connectivity index (χ1n) is 11.9. The molecule has 2 atom stereocenters. The standard InChI is InChI=1S/C24H29N5O8S3.ClH/c1-38-13-10-22(25)20(31)36-29-24(22,23(26,11-14-39-2)21(32)37-29)17-4-6-18(7-5-17)40(34,35)28-12-9-16(15-28)3-8-19(30)27-33;/h3-9,12,15,33H,10-11,13-14,25-26H2,1-2H3,(H,27,30);1H/b8-3+;. The molecule has 0 bridgehead atoms. The van der Waals surface area contributed by atoms with Gasteiger partial charge in [-0.3, -0.25) is 10.0 Å². The van der Waals surface area contributed by atoms with Crippen molar-refractivity contribution in [2.45, 2.75) is 34.4 Å². The Labute approximate surface area is 251 Å². The summed E-state index contributed by atoms with van der Waals surface area (Å²) < 4.78 is 27.6. The topological polar surface area (TPSA) is 196 Å². The maximum atomic E-state index is 13.3. The Kier molecular flexibility index (Phi) is 9.92. The molecule has 2 fully saturated rings. The number of carbonyl (C=O) groups is 3. The Morgan fingerprint density at radius 3 is 2.05 bits per heavy atom. The molecule has 13 nitrogen and oxygen atoms in total. The Bertz CT molecular complexity index is 1420. The number of amides is 1. The third-order valence-corrected chi connectivity index (χ3v) is 9.98. The maximum absolute atomic E-state index is 13.3. The number of carbonyl (C=O) groups excluding carboxylic acids is 3. The predicted octanol–water partition coefficient (Wildman–Crippen LogP) is 1.01. The Morgan fingerprint density at radius 2 is 1.56 bits per heavy atom. The number of rotatable bonds is 11. The number of nitrogens with one attached hydrogen (secondary N) is 1. The minimum absolute atomic E-state index is 0. The summed E-state index contributed by atoms with van der Waals surface area (Å²) in [4.78, 5) is 48.3. The summed E-state index contributed by atoms with van der Waals surface area (Å²) in [5.41, 5.74) is 10.4. The molecule has 4 rings (SSSR count). The summed E-state index contributed by atoms with van der Waals surface area (Å²) in [7, 11) is -4.08. The molecule has 1 amide bonds. The lowest BCUT2D eigenvalue weighted by Crippen LogP contribution is -2.74. The maximum Gasteiger partial charge on any atom is 0.351 e. The van der Waals surface area contributed by atoms with Crippen LogP contribution in [0.5, 0.6) is 0 Å². The fraction of sp³-hybridized carbons (Fsp3) is 0.375. The van der Waals surface area contributed by atoms with Crippen LogP contribution < -0.4 is 16.9 Å². The number of hydroxylamine groups is 3. The molecule has 0 saturated carbocycles. The number of hydrogen-bond acceptors (Lipinski definition) is 13. The normalized spacial score (nSPS) is 26.0. The van der Waals surface area contributed by atoms with Crippen molar-refractivity contribution < 1.29 is 37.7 Å². The molecule has 0 radical (unpaired) electrons. The van der Waals surface area contributed by atoms with Crippen LogP contribution in [-0.4, -0.2) is 75.8 Å². The minimum atomic E-state index is -4.08. The molecule has 17 heteroatoms. The highest BCUT2D eigenvalue weighted by molar-refractivity contribution is 7.98. The third-order valence-electron chi connectivity index (χ3n) is 7.10. The van der Waals surface area contributed by atoms with Gasteiger partial charge in [-0.15, -0.1) is 12.4 Å². The van der Waals surface area contributed by atoms with Gasteiger partial charge in [-0.2, -0.15) is 23.5 Å². The minimum Gasteiger partial charge on any atom is -0.330 e. The zero-order chi connectivity index (χ0) is 29.3. The molecule has 2 aliphatic rings. The summed E-state index contributed by atoms with van der Waals surface area (Å²) in [6.45, 7) is 0. The average Bonchev–Trinajstić information content (AvgIpc) is 3.57. The first-order valence-corrected chi connectivity index (χ1v) is 16.1. The molecule has 2 unspecified atom stereocenters. The van der Waals surface area contributed by atoms with E-state index in [-0.39, 0.29) is 35.7 Å². The molecule has 2 saturated heterocycles. The summed E-state index contributed by atoms with van der Waals surface area (Å²) in [5.74, 6) is -1.50. The zero-order valence-electron chi connectivity index (χ0n) is 22.0. The first-order chi connectivity index (χ1) is 18.9. The van der Waals surface area contributed by atoms with E-state index in [2.05, 4.69) is 0 Å². The van der Waals surface area contributed by atoms with Gasteiger partial charge in [0.05, 0.1) is 10.1 Å². The number of benzene rings is 1. The SMILES string of the molecule is CSCCC1(N)C(=O)ON2OC(=O)C(N)(CCSC)C21c1ccc(S(=O)(=O)n2ccc(/C=C/C(=O)NO)c2)cc1.Cl. The summed E-state index contributed by atoms with van der Waals surface area (Å²) >= 11 is 2.90. The molecule has 224 valence electrons. The van der Waals surface area contributed by atoms with E-state index >= 15 is 0 Å². The molecule has 1 aromatic heterocycles. The van der Waals surface area contributed by atoms with Crippen LogP contribution in [0.3, 0.4) is 0 Å². The van der Waals surface area contributed by atoms with Crippen molar-refractivity contribution in [3.05, 3.63) is 59.9 Å². The van der Waals surface area contributed by atoms with Gasteiger partial charge in [0.15, 0.2) is 5.54 Å². The molecule has 2 aliphatic heterocycles. The fourth-order valence-electron chi connectivity index (χ4n) is 5.04. The Morgan fingerprint density at radius 1 is 1.02 bits per heavy atom. The second-order valence-corrected chi connectivity index (χ2v) is 13.1. The number of aromatic nitrogens is 1. The van der Waals surface area contributed by atoms with Crippen molar-refractivity contribution in [1.29, 1.82) is 0 Å². The van der Waals surface area contributed by atoms with Gasteiger partial charge in [-0.1, -0.05) is 12.1 Å². The number of nitrogens with two attached hydrogens (primary N) is 2. The van der Waals surface area contributed by atoms with E-state index in [0.717, 1.165) is 15.3 Å². The van der Waals surface area contributed by atoms with Gasteiger partial charge in [0.1, 0.15) is 11.1 Å². The van der Waals surface area contributed by atoms with E-state index < -0.39 is 44.5 Å². The molecular weight excluding hydrogens is 618 g/mol. The van der Waals surface area contributed by atoms with Crippen molar-refractivity contribution in [2.75, 3.05) is 24.0 Å². The van der Waals surface area contributed by atoms with Crippen molar-refractivity contribution in [1.82, 2.24) is 14.7 Å². The van der Waals surface area contributed by atoms with E-state index in [4.69, 9.17) is 26.3 Å². The van der Waals surface area contributed by atoms with Crippen LogP contribution in [0.25, 0.3) is 6.08 Å². The highest BCUT2D eigenvalue weighted by Gasteiger charge is 2.81. The van der Waals surface area contributed by atoms with Crippen LogP contribution in [0.2, 0.25) is 0 Å². The second kappa shape index (κ2) is 12.3. The lowest BCUT2D eigenvalue weighted by molar-refractivity contribution is -0.325. The third kappa shape index (κ3) is 5.16. The summed E-state index contributed by atoms with van der Waals surface area (Å²) in [6, 6.07) is 7.00. The quantitative estimate of drug-likeness (QED) is 0.153. The van der Waals surface area contributed by atoms with Crippen LogP contribution in [0.1, 0.15) is 24.0 Å². The van der Waals surface area contributed by atoms with E-state index in [1.54, 1.807) is 0 Å². The van der Waals surface area contributed by atoms with Gasteiger partial charge in [0.2, 0.25) is 0 Å². The lowest BCUT2D eigenvalue weighted by Gasteiger charge is -2.45. The number of hydrogen-bond donors (Lipinski definition) is 4. The van der Waals surface area contributed by atoms with E-state index in [1.807, 2.05) is 12.5 Å². The van der Waals surface area contributed by atoms with E-state index in [0.29, 0.717) is 17.1 Å². The molecular formula is C24H30ClN5O8S3. The molecule has 3 heterocycles. The molecule has 6 N–H and O–H groups in total. The predicted molar refractivity (Wildman–Crippen MR) is 155 cm³/mol. The van der Waals surface area contributed by atoms with Crippen molar-refractivity contribution in [3.63, 3.8) is 0 Å². The van der Waals surface area contributed by atoms with Crippen molar-refractivity contribution >= 4 is 69.9 Å². The largest absolute Gasteiger partial charge is 0.351 e. The number of fused-ring (bicyclic) bond motifs is 1. The fourth-order valence-corrected chi connectivity index (χ4v) is 7.30. The van der Waals surface area contributed by atoms with Crippen LogP contribution in [0.4, 0.5) is 0 Å². The monoisotopic (exact) mass is 647 g/mol. The van der Waals surface area contributed by atoms with E-state index in [9.17, 15) is 22.8 Å². The molecule has 1 aromatic carbocycles. The number of thioether (sulfide) groups is 2. The number of nitrogens with zero attached hydrogens (tertiary/aromatic N) is 2. The molecule has 0 spiro atoms. The van der Waals surface area contributed by atoms with Crippen LogP contribution >= 0.6 is 35.9 Å². The van der Waals surface area contributed by atoms with Gasteiger partial charge in [-0.25, -0.2) is 27.5 Å². The van der Waals surface area contributed by atoms with Crippen molar-refractivity contribution in [3.8, 4) is 0 Å².